The number of ketones is 1. The molecule has 2 aliphatic carbocycles. The van der Waals surface area contributed by atoms with Crippen molar-refractivity contribution in [1.29, 1.82) is 0 Å². The minimum absolute atomic E-state index is 0.0914. The molecule has 0 amide bonds. The number of aliphatic hydroxyl groups excluding tert-OH is 1. The van der Waals surface area contributed by atoms with Crippen LogP contribution in [0.1, 0.15) is 52.9 Å². The summed E-state index contributed by atoms with van der Waals surface area (Å²) in [6.07, 6.45) is 6.11. The predicted molar refractivity (Wildman–Crippen MR) is 64.2 cm³/mol. The molecule has 1 N–H and O–H groups in total. The van der Waals surface area contributed by atoms with Crippen LogP contribution >= 0.6 is 0 Å². The van der Waals surface area contributed by atoms with E-state index in [1.54, 1.807) is 0 Å². The van der Waals surface area contributed by atoms with E-state index >= 15 is 0 Å². The molecule has 0 heterocycles. The van der Waals surface area contributed by atoms with E-state index < -0.39 is 0 Å². The zero-order valence-corrected chi connectivity index (χ0v) is 10.5. The fraction of sp³-hybridized carbons (Fsp3) is 0.786. The van der Waals surface area contributed by atoms with Crippen molar-refractivity contribution >= 4 is 5.78 Å². The Morgan fingerprint density at radius 2 is 2.00 bits per heavy atom. The molecule has 2 rings (SSSR count). The summed E-state index contributed by atoms with van der Waals surface area (Å²) in [5.41, 5.74) is 0.880. The second-order valence-corrected chi connectivity index (χ2v) is 6.32. The van der Waals surface area contributed by atoms with Crippen molar-refractivity contribution < 1.29 is 9.90 Å². The van der Waals surface area contributed by atoms with Crippen molar-refractivity contribution in [3.05, 3.63) is 11.8 Å². The zero-order chi connectivity index (χ0) is 12.0. The highest BCUT2D eigenvalue weighted by atomic mass is 16.2. The molecule has 2 fully saturated rings. The Labute approximate surface area is 97.7 Å². The second kappa shape index (κ2) is 3.61. The predicted octanol–water partition coefficient (Wildman–Crippen LogP) is 3.62. The minimum Gasteiger partial charge on any atom is -0.515 e. The Balaban J connectivity index is 2.43. The van der Waals surface area contributed by atoms with E-state index in [0.29, 0.717) is 23.3 Å². The molecule has 0 spiro atoms. The van der Waals surface area contributed by atoms with Crippen LogP contribution in [0.15, 0.2) is 11.8 Å². The molecular formula is C14H22O2. The maximum Gasteiger partial charge on any atom is 0.162 e. The second-order valence-electron chi connectivity index (χ2n) is 6.32. The maximum absolute atomic E-state index is 11.9. The average Bonchev–Trinajstić information content (AvgIpc) is 2.15. The van der Waals surface area contributed by atoms with Gasteiger partial charge in [0, 0.05) is 17.4 Å². The standard InChI is InChI=1S/C14H22O2/c1-13(2)7-4-8-14(3)10(9-15)11(16)5-6-12(13)14/h9,12,15H,4-8H2,1-3H3. The lowest BCUT2D eigenvalue weighted by molar-refractivity contribution is -0.122. The van der Waals surface area contributed by atoms with Crippen LogP contribution < -0.4 is 0 Å². The van der Waals surface area contributed by atoms with Gasteiger partial charge in [0.15, 0.2) is 5.78 Å². The van der Waals surface area contributed by atoms with Crippen LogP contribution in [0.3, 0.4) is 0 Å². The van der Waals surface area contributed by atoms with Crippen molar-refractivity contribution in [3.8, 4) is 0 Å². The number of carbonyl (C=O) groups is 1. The summed E-state index contributed by atoms with van der Waals surface area (Å²) in [6, 6.07) is 0. The molecule has 0 aromatic heterocycles. The molecule has 2 unspecified atom stereocenters. The van der Waals surface area contributed by atoms with Gasteiger partial charge in [0.05, 0.1) is 6.26 Å². The van der Waals surface area contributed by atoms with Gasteiger partial charge < -0.3 is 5.11 Å². The number of fused-ring (bicyclic) bond motifs is 1. The molecule has 0 aromatic rings. The fourth-order valence-electron chi connectivity index (χ4n) is 4.10. The lowest BCUT2D eigenvalue weighted by Gasteiger charge is -2.53. The van der Waals surface area contributed by atoms with Crippen molar-refractivity contribution in [1.82, 2.24) is 0 Å². The third kappa shape index (κ3) is 1.50. The summed E-state index contributed by atoms with van der Waals surface area (Å²) >= 11 is 0. The molecule has 2 atom stereocenters. The average molecular weight is 222 g/mol. The maximum atomic E-state index is 11.9. The van der Waals surface area contributed by atoms with Crippen LogP contribution in [0.2, 0.25) is 0 Å². The third-order valence-electron chi connectivity index (χ3n) is 4.93. The van der Waals surface area contributed by atoms with E-state index in [4.69, 9.17) is 0 Å². The van der Waals surface area contributed by atoms with Gasteiger partial charge in [-0.15, -0.1) is 0 Å². The SMILES string of the molecule is CC1(C)CCCC2(C)C(=CO)C(=O)CCC12. The Hall–Kier alpha value is -0.790. The first-order valence-electron chi connectivity index (χ1n) is 6.30. The van der Waals surface area contributed by atoms with Crippen LogP contribution in [0, 0.1) is 16.7 Å². The molecule has 90 valence electrons. The Morgan fingerprint density at radius 1 is 1.31 bits per heavy atom. The number of hydrogen-bond acceptors (Lipinski definition) is 2. The monoisotopic (exact) mass is 222 g/mol. The van der Waals surface area contributed by atoms with Gasteiger partial charge in [0.25, 0.3) is 0 Å². The molecule has 0 bridgehead atoms. The molecule has 0 radical (unpaired) electrons. The van der Waals surface area contributed by atoms with E-state index in [9.17, 15) is 9.90 Å². The Bertz CT molecular complexity index is 341. The molecular weight excluding hydrogens is 200 g/mol. The van der Waals surface area contributed by atoms with Gasteiger partial charge in [-0.2, -0.15) is 0 Å². The van der Waals surface area contributed by atoms with Crippen LogP contribution in [0.4, 0.5) is 0 Å². The normalized spacial score (nSPS) is 40.8. The lowest BCUT2D eigenvalue weighted by Crippen LogP contribution is -2.47. The summed E-state index contributed by atoms with van der Waals surface area (Å²) in [5, 5.41) is 9.35. The zero-order valence-electron chi connectivity index (χ0n) is 10.5. The summed E-state index contributed by atoms with van der Waals surface area (Å²) in [6.45, 7) is 6.78. The number of hydrogen-bond donors (Lipinski definition) is 1. The van der Waals surface area contributed by atoms with Crippen molar-refractivity contribution in [2.24, 2.45) is 16.7 Å². The Morgan fingerprint density at radius 3 is 2.62 bits per heavy atom. The molecule has 2 aliphatic rings. The first-order valence-corrected chi connectivity index (χ1v) is 6.30. The first kappa shape index (κ1) is 11.7. The van der Waals surface area contributed by atoms with E-state index in [1.165, 1.54) is 6.42 Å². The van der Waals surface area contributed by atoms with Crippen molar-refractivity contribution in [2.45, 2.75) is 52.9 Å². The van der Waals surface area contributed by atoms with Crippen molar-refractivity contribution in [2.75, 3.05) is 0 Å². The number of aliphatic hydroxyl groups is 1. The van der Waals surface area contributed by atoms with Gasteiger partial charge in [0.1, 0.15) is 0 Å². The smallest absolute Gasteiger partial charge is 0.162 e. The van der Waals surface area contributed by atoms with Gasteiger partial charge in [-0.1, -0.05) is 27.2 Å². The first-order chi connectivity index (χ1) is 7.42. The van der Waals surface area contributed by atoms with E-state index in [1.807, 2.05) is 0 Å². The van der Waals surface area contributed by atoms with Gasteiger partial charge in [-0.05, 0) is 30.6 Å². The highest BCUT2D eigenvalue weighted by molar-refractivity contribution is 5.97. The number of allylic oxidation sites excluding steroid dienone is 1. The number of rotatable bonds is 0. The number of carbonyl (C=O) groups excluding carboxylic acids is 1. The summed E-state index contributed by atoms with van der Waals surface area (Å²) in [5.74, 6) is 0.684. The highest BCUT2D eigenvalue weighted by Crippen LogP contribution is 2.58. The third-order valence-corrected chi connectivity index (χ3v) is 4.93. The van der Waals surface area contributed by atoms with Crippen molar-refractivity contribution in [3.63, 3.8) is 0 Å². The summed E-state index contributed by atoms with van der Waals surface area (Å²) < 4.78 is 0. The van der Waals surface area contributed by atoms with Gasteiger partial charge in [0.2, 0.25) is 0 Å². The summed E-state index contributed by atoms with van der Waals surface area (Å²) in [4.78, 5) is 11.9. The van der Waals surface area contributed by atoms with E-state index in [-0.39, 0.29) is 11.2 Å². The van der Waals surface area contributed by atoms with Crippen LogP contribution in [0.5, 0.6) is 0 Å². The van der Waals surface area contributed by atoms with Gasteiger partial charge in [-0.25, -0.2) is 0 Å². The fourth-order valence-corrected chi connectivity index (χ4v) is 4.10. The molecule has 2 nitrogen and oxygen atoms in total. The topological polar surface area (TPSA) is 37.3 Å². The quantitative estimate of drug-likeness (QED) is 0.502. The highest BCUT2D eigenvalue weighted by Gasteiger charge is 2.52. The number of Topliss-reactive ketones (excluding diaryl/α,β-unsaturated/α-hetero) is 1. The Kier molecular flexibility index (Phi) is 2.64. The van der Waals surface area contributed by atoms with Gasteiger partial charge in [-0.3, -0.25) is 4.79 Å². The molecule has 2 saturated carbocycles. The summed E-state index contributed by atoms with van der Waals surface area (Å²) in [7, 11) is 0. The van der Waals surface area contributed by atoms with Crippen LogP contribution in [-0.4, -0.2) is 10.9 Å². The molecule has 0 saturated heterocycles. The minimum atomic E-state index is -0.0914. The van der Waals surface area contributed by atoms with Crippen LogP contribution in [0.25, 0.3) is 0 Å². The molecule has 16 heavy (non-hydrogen) atoms. The lowest BCUT2D eigenvalue weighted by atomic mass is 9.50. The van der Waals surface area contributed by atoms with E-state index in [0.717, 1.165) is 25.5 Å². The largest absolute Gasteiger partial charge is 0.515 e. The molecule has 0 aliphatic heterocycles. The van der Waals surface area contributed by atoms with E-state index in [2.05, 4.69) is 20.8 Å². The molecule has 2 heteroatoms. The molecule has 0 aromatic carbocycles. The van der Waals surface area contributed by atoms with Crippen LogP contribution in [-0.2, 0) is 4.79 Å². The van der Waals surface area contributed by atoms with Gasteiger partial charge >= 0.3 is 0 Å².